The largest absolute Gasteiger partial charge is 0.508 e. The van der Waals surface area contributed by atoms with Crippen molar-refractivity contribution < 1.29 is 23.4 Å². The van der Waals surface area contributed by atoms with Crippen molar-refractivity contribution in [3.8, 4) is 17.2 Å². The fourth-order valence-corrected chi connectivity index (χ4v) is 7.67. The van der Waals surface area contributed by atoms with Crippen LogP contribution in [0.25, 0.3) is 11.1 Å². The van der Waals surface area contributed by atoms with E-state index < -0.39 is 15.1 Å². The molecular formula is C30H33NO5S. The number of benzene rings is 3. The Labute approximate surface area is 218 Å². The van der Waals surface area contributed by atoms with Gasteiger partial charge in [0.05, 0.1) is 4.90 Å². The Balaban J connectivity index is 1.50. The molecule has 3 aromatic rings. The number of allylic oxidation sites excluding steroid dienone is 1. The minimum Gasteiger partial charge on any atom is -0.508 e. The number of phenols is 2. The van der Waals surface area contributed by atoms with Gasteiger partial charge in [-0.15, -0.1) is 0 Å². The fourth-order valence-electron chi connectivity index (χ4n) is 5.50. The van der Waals surface area contributed by atoms with Gasteiger partial charge >= 0.3 is 0 Å². The Kier molecular flexibility index (Phi) is 6.77. The fraction of sp³-hybridized carbons (Fsp3) is 0.333. The summed E-state index contributed by atoms with van der Waals surface area (Å²) in [5.74, 6) is 1.47. The van der Waals surface area contributed by atoms with Crippen LogP contribution in [-0.4, -0.2) is 49.3 Å². The molecule has 3 atom stereocenters. The Morgan fingerprint density at radius 1 is 1.03 bits per heavy atom. The quantitative estimate of drug-likeness (QED) is 0.437. The number of hydrogen-bond acceptors (Lipinski definition) is 6. The molecule has 1 fully saturated rings. The Hall–Kier alpha value is -3.29. The molecule has 2 heterocycles. The molecule has 0 aromatic heterocycles. The van der Waals surface area contributed by atoms with Crippen molar-refractivity contribution in [1.82, 2.24) is 4.90 Å². The lowest BCUT2D eigenvalue weighted by atomic mass is 9.89. The minimum atomic E-state index is -3.85. The molecule has 0 saturated carbocycles. The van der Waals surface area contributed by atoms with Gasteiger partial charge in [0.2, 0.25) is 0 Å². The van der Waals surface area contributed by atoms with Crippen LogP contribution < -0.4 is 4.74 Å². The number of rotatable bonds is 6. The van der Waals surface area contributed by atoms with Crippen molar-refractivity contribution in [3.05, 3.63) is 83.4 Å². The molecule has 2 aliphatic heterocycles. The molecule has 6 nitrogen and oxygen atoms in total. The van der Waals surface area contributed by atoms with Crippen molar-refractivity contribution >= 4 is 21.0 Å². The molecule has 5 rings (SSSR count). The Bertz CT molecular complexity index is 1450. The summed E-state index contributed by atoms with van der Waals surface area (Å²) in [7, 11) is -3.85. The van der Waals surface area contributed by atoms with Crippen LogP contribution in [0.5, 0.6) is 17.2 Å². The van der Waals surface area contributed by atoms with E-state index in [0.29, 0.717) is 46.6 Å². The first kappa shape index (κ1) is 25.4. The van der Waals surface area contributed by atoms with Crippen LogP contribution in [0.15, 0.2) is 71.6 Å². The SMILES string of the molecule is CC1=C(c2cccc(O)c2)C(c2ccc(OCC(C)N3CCC(C)C3)cc2)S(=O)(=O)c2ccc(O)cc21. The predicted molar refractivity (Wildman–Crippen MR) is 145 cm³/mol. The predicted octanol–water partition coefficient (Wildman–Crippen LogP) is 5.67. The van der Waals surface area contributed by atoms with E-state index in [4.69, 9.17) is 4.74 Å². The van der Waals surface area contributed by atoms with Crippen LogP contribution in [0.4, 0.5) is 0 Å². The topological polar surface area (TPSA) is 87.1 Å². The van der Waals surface area contributed by atoms with Crippen LogP contribution >= 0.6 is 0 Å². The van der Waals surface area contributed by atoms with Crippen LogP contribution in [-0.2, 0) is 9.84 Å². The summed E-state index contributed by atoms with van der Waals surface area (Å²) >= 11 is 0. The number of sulfone groups is 1. The first-order chi connectivity index (χ1) is 17.6. The van der Waals surface area contributed by atoms with Crippen molar-refractivity contribution in [2.45, 2.75) is 43.4 Å². The summed E-state index contributed by atoms with van der Waals surface area (Å²) in [6, 6.07) is 18.6. The average Bonchev–Trinajstić information content (AvgIpc) is 3.31. The van der Waals surface area contributed by atoms with Gasteiger partial charge < -0.3 is 14.9 Å². The Morgan fingerprint density at radius 3 is 2.43 bits per heavy atom. The molecule has 2 aliphatic rings. The lowest BCUT2D eigenvalue weighted by molar-refractivity contribution is 0.169. The van der Waals surface area contributed by atoms with Gasteiger partial charge in [-0.1, -0.05) is 31.2 Å². The van der Waals surface area contributed by atoms with E-state index >= 15 is 0 Å². The van der Waals surface area contributed by atoms with Crippen LogP contribution in [0.2, 0.25) is 0 Å². The number of fused-ring (bicyclic) bond motifs is 1. The summed E-state index contributed by atoms with van der Waals surface area (Å²) in [5, 5.41) is 19.3. The summed E-state index contributed by atoms with van der Waals surface area (Å²) in [4.78, 5) is 2.63. The van der Waals surface area contributed by atoms with Gasteiger partial charge in [-0.3, -0.25) is 4.90 Å². The molecule has 3 unspecified atom stereocenters. The summed E-state index contributed by atoms with van der Waals surface area (Å²) in [5.41, 5.74) is 3.03. The molecule has 0 radical (unpaired) electrons. The highest BCUT2D eigenvalue weighted by atomic mass is 32.2. The van der Waals surface area contributed by atoms with E-state index in [1.54, 1.807) is 24.3 Å². The second-order valence-electron chi connectivity index (χ2n) is 10.3. The molecule has 2 N–H and O–H groups in total. The molecule has 0 spiro atoms. The zero-order valence-corrected chi connectivity index (χ0v) is 22.2. The third kappa shape index (κ3) is 4.86. The number of nitrogens with zero attached hydrogens (tertiary/aromatic N) is 1. The maximum Gasteiger partial charge on any atom is 0.190 e. The van der Waals surface area contributed by atoms with Crippen molar-refractivity contribution in [2.75, 3.05) is 19.7 Å². The molecular weight excluding hydrogens is 486 g/mol. The standard InChI is InChI=1S/C30H33NO5S/c1-19-13-14-31(17-19)20(2)18-36-26-10-7-22(8-11-26)30-29(23-5-4-6-24(32)15-23)21(3)27-16-25(33)9-12-28(27)37(30,34)35/h4-12,15-16,19-20,30,32-33H,13-14,17-18H2,1-3H3. The van der Waals surface area contributed by atoms with Crippen LogP contribution in [0.1, 0.15) is 49.1 Å². The second-order valence-corrected chi connectivity index (χ2v) is 12.3. The first-order valence-corrected chi connectivity index (χ1v) is 14.2. The highest BCUT2D eigenvalue weighted by molar-refractivity contribution is 7.92. The van der Waals surface area contributed by atoms with E-state index in [1.165, 1.54) is 24.6 Å². The van der Waals surface area contributed by atoms with E-state index in [9.17, 15) is 18.6 Å². The molecule has 3 aromatic carbocycles. The minimum absolute atomic E-state index is 0.00104. The maximum absolute atomic E-state index is 14.0. The van der Waals surface area contributed by atoms with Crippen molar-refractivity contribution in [3.63, 3.8) is 0 Å². The zero-order valence-electron chi connectivity index (χ0n) is 21.4. The summed E-state index contributed by atoms with van der Waals surface area (Å²) in [6.07, 6.45) is 1.21. The van der Waals surface area contributed by atoms with Gasteiger partial charge in [-0.2, -0.15) is 0 Å². The van der Waals surface area contributed by atoms with Gasteiger partial charge in [0.1, 0.15) is 29.1 Å². The van der Waals surface area contributed by atoms with E-state index in [1.807, 2.05) is 31.2 Å². The molecule has 194 valence electrons. The lowest BCUT2D eigenvalue weighted by Gasteiger charge is -2.30. The highest BCUT2D eigenvalue weighted by Crippen LogP contribution is 2.50. The lowest BCUT2D eigenvalue weighted by Crippen LogP contribution is -2.35. The maximum atomic E-state index is 14.0. The smallest absolute Gasteiger partial charge is 0.190 e. The average molecular weight is 520 g/mol. The first-order valence-electron chi connectivity index (χ1n) is 12.7. The van der Waals surface area contributed by atoms with Gasteiger partial charge in [0, 0.05) is 18.2 Å². The van der Waals surface area contributed by atoms with Gasteiger partial charge in [-0.25, -0.2) is 8.42 Å². The molecule has 0 bridgehead atoms. The van der Waals surface area contributed by atoms with Gasteiger partial charge in [0.25, 0.3) is 0 Å². The molecule has 0 amide bonds. The number of likely N-dealkylation sites (tertiary alicyclic amines) is 1. The van der Waals surface area contributed by atoms with E-state index in [-0.39, 0.29) is 16.4 Å². The van der Waals surface area contributed by atoms with E-state index in [2.05, 4.69) is 18.7 Å². The Morgan fingerprint density at radius 2 is 1.76 bits per heavy atom. The molecule has 7 heteroatoms. The van der Waals surface area contributed by atoms with Gasteiger partial charge in [-0.05, 0) is 97.5 Å². The third-order valence-corrected chi connectivity index (χ3v) is 9.66. The third-order valence-electron chi connectivity index (χ3n) is 7.56. The number of hydrogen-bond donors (Lipinski definition) is 2. The monoisotopic (exact) mass is 519 g/mol. The van der Waals surface area contributed by atoms with Gasteiger partial charge in [0.15, 0.2) is 9.84 Å². The van der Waals surface area contributed by atoms with E-state index in [0.717, 1.165) is 18.7 Å². The summed E-state index contributed by atoms with van der Waals surface area (Å²) in [6.45, 7) is 9.05. The molecule has 37 heavy (non-hydrogen) atoms. The molecule has 1 saturated heterocycles. The van der Waals surface area contributed by atoms with Crippen molar-refractivity contribution in [1.29, 1.82) is 0 Å². The highest BCUT2D eigenvalue weighted by Gasteiger charge is 2.40. The number of phenolic OH excluding ortho intramolecular Hbond substituents is 2. The van der Waals surface area contributed by atoms with Crippen LogP contribution in [0, 0.1) is 5.92 Å². The number of aromatic hydroxyl groups is 2. The van der Waals surface area contributed by atoms with Crippen LogP contribution in [0.3, 0.4) is 0 Å². The normalized spacial score (nSPS) is 22.0. The molecule has 0 aliphatic carbocycles. The zero-order chi connectivity index (χ0) is 26.3. The second kappa shape index (κ2) is 9.88. The summed E-state index contributed by atoms with van der Waals surface area (Å²) < 4.78 is 34.0. The van der Waals surface area contributed by atoms with Crippen molar-refractivity contribution in [2.24, 2.45) is 5.92 Å². The number of ether oxygens (including phenoxy) is 1.